The maximum Gasteiger partial charge on any atom is 0.264 e. The Kier molecular flexibility index (Phi) is 5.48. The third kappa shape index (κ3) is 4.13. The Morgan fingerprint density at radius 2 is 1.83 bits per heavy atom. The summed E-state index contributed by atoms with van der Waals surface area (Å²) in [7, 11) is 0. The molecule has 0 atom stereocenters. The summed E-state index contributed by atoms with van der Waals surface area (Å²) in [5.41, 5.74) is 2.45. The van der Waals surface area contributed by atoms with Crippen LogP contribution in [0.2, 0.25) is 0 Å². The van der Waals surface area contributed by atoms with Gasteiger partial charge in [0, 0.05) is 37.6 Å². The first-order valence-electron chi connectivity index (χ1n) is 8.44. The molecule has 24 heavy (non-hydrogen) atoms. The van der Waals surface area contributed by atoms with E-state index in [2.05, 4.69) is 55.2 Å². The lowest BCUT2D eigenvalue weighted by Gasteiger charge is -2.33. The van der Waals surface area contributed by atoms with Gasteiger partial charge >= 0.3 is 0 Å². The molecule has 0 bridgehead atoms. The number of benzene rings is 1. The molecule has 126 valence electrons. The van der Waals surface area contributed by atoms with Gasteiger partial charge in [0.15, 0.2) is 0 Å². The van der Waals surface area contributed by atoms with Gasteiger partial charge in [-0.2, -0.15) is 0 Å². The zero-order valence-corrected chi connectivity index (χ0v) is 15.2. The maximum absolute atomic E-state index is 12.6. The highest BCUT2D eigenvalue weighted by Gasteiger charge is 2.22. The number of thiophene rings is 1. The van der Waals surface area contributed by atoms with E-state index in [0.29, 0.717) is 0 Å². The second-order valence-corrected chi connectivity index (χ2v) is 7.51. The molecule has 0 spiro atoms. The van der Waals surface area contributed by atoms with Gasteiger partial charge in [-0.3, -0.25) is 9.69 Å². The van der Waals surface area contributed by atoms with E-state index in [-0.39, 0.29) is 5.91 Å². The fourth-order valence-corrected chi connectivity index (χ4v) is 3.87. The van der Waals surface area contributed by atoms with E-state index < -0.39 is 0 Å². The van der Waals surface area contributed by atoms with Crippen molar-refractivity contribution in [2.75, 3.05) is 32.7 Å². The van der Waals surface area contributed by atoms with Crippen molar-refractivity contribution in [3.63, 3.8) is 0 Å². The predicted molar refractivity (Wildman–Crippen MR) is 102 cm³/mol. The van der Waals surface area contributed by atoms with Gasteiger partial charge in [0.05, 0.1) is 4.88 Å². The summed E-state index contributed by atoms with van der Waals surface area (Å²) < 4.78 is 0. The molecule has 3 rings (SSSR count). The van der Waals surface area contributed by atoms with Crippen LogP contribution in [0.5, 0.6) is 0 Å². The summed E-state index contributed by atoms with van der Waals surface area (Å²) in [6.45, 7) is 8.59. The molecule has 1 aromatic heterocycles. The van der Waals surface area contributed by atoms with Gasteiger partial charge in [-0.1, -0.05) is 42.5 Å². The van der Waals surface area contributed by atoms with E-state index in [4.69, 9.17) is 0 Å². The number of nitrogens with zero attached hydrogens (tertiary/aromatic N) is 2. The highest BCUT2D eigenvalue weighted by molar-refractivity contribution is 7.14. The molecule has 0 N–H and O–H groups in total. The van der Waals surface area contributed by atoms with Gasteiger partial charge in [0.2, 0.25) is 0 Å². The highest BCUT2D eigenvalue weighted by atomic mass is 32.1. The third-order valence-electron chi connectivity index (χ3n) is 4.51. The summed E-state index contributed by atoms with van der Waals surface area (Å²) in [4.78, 5) is 19.1. The van der Waals surface area contributed by atoms with Gasteiger partial charge < -0.3 is 4.90 Å². The molecule has 2 aromatic rings. The standard InChI is InChI=1S/C20H24N2OS/c1-16-15-19(24-17(16)2)20(23)22-13-11-21(12-14-22)10-6-9-18-7-4-3-5-8-18/h3-9,15H,10-14H2,1-2H3/b9-6+. The van der Waals surface area contributed by atoms with E-state index in [9.17, 15) is 4.79 Å². The first kappa shape index (κ1) is 16.9. The third-order valence-corrected chi connectivity index (χ3v) is 5.65. The molecule has 1 fully saturated rings. The van der Waals surface area contributed by atoms with E-state index in [1.165, 1.54) is 16.0 Å². The van der Waals surface area contributed by atoms with Gasteiger partial charge in [-0.25, -0.2) is 0 Å². The summed E-state index contributed by atoms with van der Waals surface area (Å²) in [6.07, 6.45) is 4.37. The van der Waals surface area contributed by atoms with E-state index in [1.54, 1.807) is 11.3 Å². The molecule has 1 aromatic carbocycles. The van der Waals surface area contributed by atoms with Crippen molar-refractivity contribution in [2.24, 2.45) is 0 Å². The lowest BCUT2D eigenvalue weighted by molar-refractivity contribution is 0.0655. The molecule has 0 saturated carbocycles. The van der Waals surface area contributed by atoms with Crippen LogP contribution >= 0.6 is 11.3 Å². The Labute approximate surface area is 148 Å². The monoisotopic (exact) mass is 340 g/mol. The highest BCUT2D eigenvalue weighted by Crippen LogP contribution is 2.22. The van der Waals surface area contributed by atoms with Crippen molar-refractivity contribution < 1.29 is 4.79 Å². The molecule has 1 aliphatic rings. The van der Waals surface area contributed by atoms with E-state index in [0.717, 1.165) is 37.6 Å². The molecular formula is C20H24N2OS. The summed E-state index contributed by atoms with van der Waals surface area (Å²) in [5.74, 6) is 0.190. The van der Waals surface area contributed by atoms with Gasteiger partial charge in [0.25, 0.3) is 5.91 Å². The first-order chi connectivity index (χ1) is 11.6. The molecule has 0 aliphatic carbocycles. The van der Waals surface area contributed by atoms with Crippen LogP contribution in [0.25, 0.3) is 6.08 Å². The second-order valence-electron chi connectivity index (χ2n) is 6.26. The minimum absolute atomic E-state index is 0.190. The topological polar surface area (TPSA) is 23.6 Å². The molecule has 2 heterocycles. The molecular weight excluding hydrogens is 316 g/mol. The fraction of sp³-hybridized carbons (Fsp3) is 0.350. The molecule has 0 radical (unpaired) electrons. The first-order valence-corrected chi connectivity index (χ1v) is 9.25. The maximum atomic E-state index is 12.6. The Morgan fingerprint density at radius 1 is 1.12 bits per heavy atom. The zero-order chi connectivity index (χ0) is 16.9. The molecule has 1 amide bonds. The number of carbonyl (C=O) groups is 1. The van der Waals surface area contributed by atoms with Crippen LogP contribution in [-0.4, -0.2) is 48.4 Å². The quantitative estimate of drug-likeness (QED) is 0.844. The minimum Gasteiger partial charge on any atom is -0.335 e. The van der Waals surface area contributed by atoms with Crippen molar-refractivity contribution >= 4 is 23.3 Å². The van der Waals surface area contributed by atoms with Crippen LogP contribution in [0.4, 0.5) is 0 Å². The zero-order valence-electron chi connectivity index (χ0n) is 14.4. The number of piperazine rings is 1. The van der Waals surface area contributed by atoms with Crippen LogP contribution in [0.1, 0.15) is 25.7 Å². The summed E-state index contributed by atoms with van der Waals surface area (Å²) in [6, 6.07) is 12.4. The van der Waals surface area contributed by atoms with Crippen molar-refractivity contribution in [1.82, 2.24) is 9.80 Å². The van der Waals surface area contributed by atoms with E-state index >= 15 is 0 Å². The Bertz CT molecular complexity index is 693. The smallest absolute Gasteiger partial charge is 0.264 e. The van der Waals surface area contributed by atoms with Gasteiger partial charge in [-0.15, -0.1) is 11.3 Å². The minimum atomic E-state index is 0.190. The number of hydrogen-bond donors (Lipinski definition) is 0. The van der Waals surface area contributed by atoms with Crippen LogP contribution in [-0.2, 0) is 0 Å². The van der Waals surface area contributed by atoms with Crippen molar-refractivity contribution in [1.29, 1.82) is 0 Å². The average Bonchev–Trinajstić information content (AvgIpc) is 2.95. The van der Waals surface area contributed by atoms with Crippen LogP contribution in [0.15, 0.2) is 42.5 Å². The lowest BCUT2D eigenvalue weighted by atomic mass is 10.2. The number of aryl methyl sites for hydroxylation is 2. The van der Waals surface area contributed by atoms with Crippen LogP contribution in [0, 0.1) is 13.8 Å². The second kappa shape index (κ2) is 7.77. The SMILES string of the molecule is Cc1cc(C(=O)N2CCN(C/C=C/c3ccccc3)CC2)sc1C. The number of hydrogen-bond acceptors (Lipinski definition) is 3. The molecule has 0 unspecified atom stereocenters. The summed E-state index contributed by atoms with van der Waals surface area (Å²) >= 11 is 1.61. The largest absolute Gasteiger partial charge is 0.335 e. The van der Waals surface area contributed by atoms with Crippen LogP contribution in [0.3, 0.4) is 0 Å². The molecule has 1 saturated heterocycles. The Hall–Kier alpha value is -1.91. The number of amides is 1. The molecule has 4 heteroatoms. The average molecular weight is 340 g/mol. The molecule has 3 nitrogen and oxygen atoms in total. The van der Waals surface area contributed by atoms with Crippen molar-refractivity contribution in [3.05, 3.63) is 63.4 Å². The van der Waals surface area contributed by atoms with Crippen LogP contribution < -0.4 is 0 Å². The molecule has 1 aliphatic heterocycles. The van der Waals surface area contributed by atoms with Crippen molar-refractivity contribution in [2.45, 2.75) is 13.8 Å². The predicted octanol–water partition coefficient (Wildman–Crippen LogP) is 3.84. The Balaban J connectivity index is 1.49. The van der Waals surface area contributed by atoms with Gasteiger partial charge in [-0.05, 0) is 31.0 Å². The normalized spacial score (nSPS) is 16.0. The lowest BCUT2D eigenvalue weighted by Crippen LogP contribution is -2.48. The summed E-state index contributed by atoms with van der Waals surface area (Å²) in [5, 5.41) is 0. The van der Waals surface area contributed by atoms with Crippen molar-refractivity contribution in [3.8, 4) is 0 Å². The van der Waals surface area contributed by atoms with E-state index in [1.807, 2.05) is 17.0 Å². The number of carbonyl (C=O) groups excluding carboxylic acids is 1. The van der Waals surface area contributed by atoms with Gasteiger partial charge in [0.1, 0.15) is 0 Å². The Morgan fingerprint density at radius 3 is 2.46 bits per heavy atom. The number of rotatable bonds is 4. The fourth-order valence-electron chi connectivity index (χ4n) is 2.87.